The van der Waals surface area contributed by atoms with Crippen molar-refractivity contribution >= 4 is 17.5 Å². The molecule has 7 nitrogen and oxygen atoms in total. The molecule has 7 heteroatoms. The van der Waals surface area contributed by atoms with E-state index < -0.39 is 12.1 Å². The molecule has 4 aromatic rings. The van der Waals surface area contributed by atoms with E-state index in [0.717, 1.165) is 22.5 Å². The minimum absolute atomic E-state index is 0.144. The van der Waals surface area contributed by atoms with Gasteiger partial charge in [-0.05, 0) is 33.8 Å². The van der Waals surface area contributed by atoms with Crippen molar-refractivity contribution in [3.63, 3.8) is 0 Å². The Hall–Kier alpha value is -3.87. The first-order valence-electron chi connectivity index (χ1n) is 9.91. The first-order chi connectivity index (χ1) is 14.8. The van der Waals surface area contributed by atoms with E-state index in [1.807, 2.05) is 58.0 Å². The summed E-state index contributed by atoms with van der Waals surface area (Å²) in [6, 6.07) is 16.3. The summed E-state index contributed by atoms with van der Waals surface area (Å²) < 4.78 is 7.13. The molecule has 156 valence electrons. The molecule has 0 radical (unpaired) electrons. The second kappa shape index (κ2) is 8.10. The number of rotatable bonds is 5. The molecule has 2 heterocycles. The number of aryl methyl sites for hydroxylation is 4. The minimum Gasteiger partial charge on any atom is -0.443 e. The zero-order valence-corrected chi connectivity index (χ0v) is 17.8. The van der Waals surface area contributed by atoms with E-state index in [1.165, 1.54) is 4.52 Å². The average Bonchev–Trinajstić information content (AvgIpc) is 3.17. The lowest BCUT2D eigenvalue weighted by molar-refractivity contribution is 0.0268. The maximum absolute atomic E-state index is 13.2. The van der Waals surface area contributed by atoms with Crippen LogP contribution in [0.15, 0.2) is 54.6 Å². The predicted molar refractivity (Wildman–Crippen MR) is 115 cm³/mol. The van der Waals surface area contributed by atoms with Gasteiger partial charge in [-0.2, -0.15) is 4.98 Å². The van der Waals surface area contributed by atoms with Gasteiger partial charge >= 0.3 is 5.97 Å². The second-order valence-corrected chi connectivity index (χ2v) is 7.61. The van der Waals surface area contributed by atoms with Crippen LogP contribution >= 0.6 is 0 Å². The van der Waals surface area contributed by atoms with Gasteiger partial charge in [0, 0.05) is 22.5 Å². The zero-order valence-electron chi connectivity index (χ0n) is 17.8. The van der Waals surface area contributed by atoms with Crippen molar-refractivity contribution in [2.45, 2.75) is 33.8 Å². The first-order valence-corrected chi connectivity index (χ1v) is 9.91. The van der Waals surface area contributed by atoms with Crippen molar-refractivity contribution in [2.75, 3.05) is 0 Å². The lowest BCUT2D eigenvalue weighted by atomic mass is 9.98. The number of hydrogen-bond donors (Lipinski definition) is 0. The molecule has 4 rings (SSSR count). The Morgan fingerprint density at radius 3 is 2.13 bits per heavy atom. The van der Waals surface area contributed by atoms with Crippen LogP contribution in [0.2, 0.25) is 0 Å². The van der Waals surface area contributed by atoms with Crippen molar-refractivity contribution in [3.8, 4) is 0 Å². The van der Waals surface area contributed by atoms with E-state index in [9.17, 15) is 9.59 Å². The van der Waals surface area contributed by atoms with E-state index in [0.29, 0.717) is 16.9 Å². The van der Waals surface area contributed by atoms with E-state index >= 15 is 0 Å². The SMILES string of the molecule is Cc1ccc(C(=O)C(OC(=O)c2nc3nc(C)cc(C)n3n2)c2ccc(C)cc2)cc1. The summed E-state index contributed by atoms with van der Waals surface area (Å²) in [6.45, 7) is 7.58. The number of ether oxygens (including phenoxy) is 1. The maximum Gasteiger partial charge on any atom is 0.379 e. The molecule has 2 aromatic carbocycles. The third-order valence-corrected chi connectivity index (χ3v) is 4.98. The molecule has 0 bridgehead atoms. The van der Waals surface area contributed by atoms with Crippen LogP contribution in [0.1, 0.15) is 55.2 Å². The molecule has 2 aromatic heterocycles. The van der Waals surface area contributed by atoms with Crippen molar-refractivity contribution in [1.29, 1.82) is 0 Å². The summed E-state index contributed by atoms with van der Waals surface area (Å²) in [7, 11) is 0. The van der Waals surface area contributed by atoms with Gasteiger partial charge in [0.25, 0.3) is 11.6 Å². The van der Waals surface area contributed by atoms with Gasteiger partial charge in [-0.3, -0.25) is 4.79 Å². The number of carbonyl (C=O) groups is 2. The van der Waals surface area contributed by atoms with Crippen LogP contribution in [0.25, 0.3) is 5.78 Å². The molecule has 1 unspecified atom stereocenters. The van der Waals surface area contributed by atoms with E-state index in [2.05, 4.69) is 15.1 Å². The monoisotopic (exact) mass is 414 g/mol. The number of ketones is 1. The van der Waals surface area contributed by atoms with Crippen LogP contribution in [-0.2, 0) is 4.74 Å². The molecule has 0 spiro atoms. The van der Waals surface area contributed by atoms with Crippen LogP contribution in [0.5, 0.6) is 0 Å². The highest BCUT2D eigenvalue weighted by molar-refractivity contribution is 6.01. The molecule has 0 aliphatic heterocycles. The summed E-state index contributed by atoms with van der Waals surface area (Å²) in [5.74, 6) is -0.934. The fraction of sp³-hybridized carbons (Fsp3) is 0.208. The van der Waals surface area contributed by atoms with Gasteiger partial charge in [-0.15, -0.1) is 5.10 Å². The third kappa shape index (κ3) is 4.21. The Balaban J connectivity index is 1.69. The van der Waals surface area contributed by atoms with Gasteiger partial charge in [0.2, 0.25) is 5.78 Å². The van der Waals surface area contributed by atoms with Crippen molar-refractivity contribution in [3.05, 3.63) is 94.1 Å². The van der Waals surface area contributed by atoms with Crippen LogP contribution < -0.4 is 0 Å². The average molecular weight is 414 g/mol. The first kappa shape index (κ1) is 20.4. The molecular weight excluding hydrogens is 392 g/mol. The summed E-state index contributed by atoms with van der Waals surface area (Å²) in [4.78, 5) is 34.6. The standard InChI is InChI=1S/C24H22N4O3/c1-14-5-9-18(10-6-14)20(29)21(19-11-7-15(2)8-12-19)31-23(30)22-26-24-25-16(3)13-17(4)28(24)27-22/h5-13,21H,1-4H3. The Morgan fingerprint density at radius 1 is 0.871 bits per heavy atom. The second-order valence-electron chi connectivity index (χ2n) is 7.61. The Morgan fingerprint density at radius 2 is 1.48 bits per heavy atom. The van der Waals surface area contributed by atoms with Crippen LogP contribution in [-0.4, -0.2) is 31.3 Å². The topological polar surface area (TPSA) is 86.5 Å². The molecule has 31 heavy (non-hydrogen) atoms. The molecule has 0 saturated heterocycles. The summed E-state index contributed by atoms with van der Waals surface area (Å²) >= 11 is 0. The maximum atomic E-state index is 13.2. The van der Waals surface area contributed by atoms with Gasteiger partial charge in [-0.1, -0.05) is 59.7 Å². The quantitative estimate of drug-likeness (QED) is 0.360. The molecular formula is C24H22N4O3. The van der Waals surface area contributed by atoms with Gasteiger partial charge in [0.1, 0.15) is 0 Å². The number of Topliss-reactive ketones (excluding diaryl/α,β-unsaturated/α-hetero) is 1. The highest BCUT2D eigenvalue weighted by atomic mass is 16.5. The van der Waals surface area contributed by atoms with Crippen molar-refractivity contribution in [1.82, 2.24) is 19.6 Å². The summed E-state index contributed by atoms with van der Waals surface area (Å²) in [6.07, 6.45) is -1.11. The molecule has 0 amide bonds. The normalized spacial score (nSPS) is 12.0. The lowest BCUT2D eigenvalue weighted by Crippen LogP contribution is -2.21. The largest absolute Gasteiger partial charge is 0.443 e. The van der Waals surface area contributed by atoms with Crippen molar-refractivity contribution < 1.29 is 14.3 Å². The van der Waals surface area contributed by atoms with Crippen LogP contribution in [0.3, 0.4) is 0 Å². The predicted octanol–water partition coefficient (Wildman–Crippen LogP) is 4.14. The number of carbonyl (C=O) groups excluding carboxylic acids is 2. The number of aromatic nitrogens is 4. The molecule has 0 N–H and O–H groups in total. The molecule has 0 fully saturated rings. The van der Waals surface area contributed by atoms with E-state index in [1.54, 1.807) is 24.3 Å². The molecule has 0 aliphatic rings. The smallest absolute Gasteiger partial charge is 0.379 e. The van der Waals surface area contributed by atoms with Crippen molar-refractivity contribution in [2.24, 2.45) is 0 Å². The summed E-state index contributed by atoms with van der Waals surface area (Å²) in [5, 5.41) is 4.22. The number of nitrogens with zero attached hydrogens (tertiary/aromatic N) is 4. The number of hydrogen-bond acceptors (Lipinski definition) is 6. The van der Waals surface area contributed by atoms with Crippen LogP contribution in [0, 0.1) is 27.7 Å². The molecule has 0 aliphatic carbocycles. The van der Waals surface area contributed by atoms with Crippen LogP contribution in [0.4, 0.5) is 0 Å². The Kier molecular flexibility index (Phi) is 5.33. The highest BCUT2D eigenvalue weighted by Crippen LogP contribution is 2.24. The Labute approximate surface area is 179 Å². The van der Waals surface area contributed by atoms with Gasteiger partial charge in [0.05, 0.1) is 0 Å². The zero-order chi connectivity index (χ0) is 22.1. The number of fused-ring (bicyclic) bond motifs is 1. The molecule has 1 atom stereocenters. The van der Waals surface area contributed by atoms with Gasteiger partial charge < -0.3 is 4.74 Å². The van der Waals surface area contributed by atoms with Gasteiger partial charge in [-0.25, -0.2) is 14.3 Å². The Bertz CT molecular complexity index is 1270. The fourth-order valence-electron chi connectivity index (χ4n) is 3.30. The van der Waals surface area contributed by atoms with E-state index in [-0.39, 0.29) is 11.6 Å². The summed E-state index contributed by atoms with van der Waals surface area (Å²) in [5.41, 5.74) is 4.67. The highest BCUT2D eigenvalue weighted by Gasteiger charge is 2.28. The fourth-order valence-corrected chi connectivity index (χ4v) is 3.30. The third-order valence-electron chi connectivity index (χ3n) is 4.98. The molecule has 0 saturated carbocycles. The number of benzene rings is 2. The number of esters is 1. The lowest BCUT2D eigenvalue weighted by Gasteiger charge is -2.17. The minimum atomic E-state index is -1.11. The van der Waals surface area contributed by atoms with Gasteiger partial charge in [0.15, 0.2) is 6.10 Å². The van der Waals surface area contributed by atoms with E-state index in [4.69, 9.17) is 4.74 Å².